The molecular weight excluding hydrogens is 1670 g/mol. The molecule has 5 heterocycles. The molecule has 21 nitrogen and oxygen atoms in total. The highest BCUT2D eigenvalue weighted by Crippen LogP contribution is 2.48. The number of carbonyl (C=O) groups is 7. The second kappa shape index (κ2) is 47.0. The zero-order valence-corrected chi connectivity index (χ0v) is 78.8. The lowest BCUT2D eigenvalue weighted by Gasteiger charge is -2.43. The number of amides is 3. The van der Waals surface area contributed by atoms with Crippen molar-refractivity contribution in [3.05, 3.63) is 326 Å². The number of pyridine rings is 1. The van der Waals surface area contributed by atoms with Crippen LogP contribution in [0.25, 0.3) is 33.4 Å². The number of hydrogen-bond donors (Lipinski definition) is 3. The van der Waals surface area contributed by atoms with Gasteiger partial charge in [0, 0.05) is 68.5 Å². The van der Waals surface area contributed by atoms with E-state index in [2.05, 4.69) is 207 Å². The fourth-order valence-corrected chi connectivity index (χ4v) is 19.0. The molecule has 21 heteroatoms. The van der Waals surface area contributed by atoms with Crippen LogP contribution in [-0.4, -0.2) is 137 Å². The number of fused-ring (bicyclic) bond motifs is 11. The Bertz CT molecular complexity index is 5600. The monoisotopic (exact) mass is 1800 g/mol. The van der Waals surface area contributed by atoms with E-state index in [9.17, 15) is 38.4 Å². The van der Waals surface area contributed by atoms with Gasteiger partial charge in [0.15, 0.2) is 17.2 Å². The Morgan fingerprint density at radius 1 is 0.496 bits per heavy atom. The Labute approximate surface area is 783 Å². The Hall–Kier alpha value is -12.9. The van der Waals surface area contributed by atoms with Gasteiger partial charge < -0.3 is 48.8 Å². The molecule has 1 aromatic heterocycles. The number of carbonyl (C=O) groups excluding carboxylic acids is 6. The summed E-state index contributed by atoms with van der Waals surface area (Å²) < 4.78 is 35.9. The van der Waals surface area contributed by atoms with Crippen LogP contribution >= 0.6 is 0 Å². The second-order valence-electron chi connectivity index (χ2n) is 37.3. The maximum absolute atomic E-state index is 13.7. The summed E-state index contributed by atoms with van der Waals surface area (Å²) in [6.07, 6.45) is 19.6. The van der Waals surface area contributed by atoms with Crippen LogP contribution in [0.3, 0.4) is 0 Å². The molecule has 9 atom stereocenters. The first-order chi connectivity index (χ1) is 64.3. The number of esters is 2. The molecule has 3 saturated heterocycles. The second-order valence-corrected chi connectivity index (χ2v) is 37.3. The molecule has 3 amide bonds. The van der Waals surface area contributed by atoms with Crippen molar-refractivity contribution in [2.75, 3.05) is 52.0 Å². The summed E-state index contributed by atoms with van der Waals surface area (Å²) in [6, 6.07) is 70.3. The summed E-state index contributed by atoms with van der Waals surface area (Å²) in [5.41, 5.74) is 22.6. The van der Waals surface area contributed by atoms with E-state index in [0.29, 0.717) is 56.9 Å². The summed E-state index contributed by atoms with van der Waals surface area (Å²) in [7, 11) is 1.27. The molecule has 17 rings (SSSR count). The lowest BCUT2D eigenvalue weighted by molar-refractivity contribution is -0.144. The van der Waals surface area contributed by atoms with Gasteiger partial charge in [-0.25, -0.2) is 14.4 Å². The van der Waals surface area contributed by atoms with Crippen LogP contribution in [0.15, 0.2) is 270 Å². The number of ketones is 1. The molecular formula is C112H130N6O15. The first-order valence-electron chi connectivity index (χ1n) is 47.3. The van der Waals surface area contributed by atoms with Gasteiger partial charge in [-0.05, 0) is 219 Å². The van der Waals surface area contributed by atoms with Crippen molar-refractivity contribution in [3.8, 4) is 39.1 Å². The summed E-state index contributed by atoms with van der Waals surface area (Å²) in [5, 5.41) is 11.9. The summed E-state index contributed by atoms with van der Waals surface area (Å²) >= 11 is 0. The van der Waals surface area contributed by atoms with Crippen molar-refractivity contribution in [1.82, 2.24) is 24.7 Å². The molecule has 3 unspecified atom stereocenters. The van der Waals surface area contributed by atoms with Gasteiger partial charge in [0.05, 0.1) is 19.3 Å². The third kappa shape index (κ3) is 25.3. The van der Waals surface area contributed by atoms with Crippen molar-refractivity contribution < 1.29 is 67.1 Å². The third-order valence-electron chi connectivity index (χ3n) is 26.3. The van der Waals surface area contributed by atoms with Crippen LogP contribution < -0.4 is 20.9 Å². The number of likely N-dealkylation sites (tertiary alicyclic amines) is 2. The summed E-state index contributed by atoms with van der Waals surface area (Å²) in [6.45, 7) is 24.6. The van der Waals surface area contributed by atoms with Gasteiger partial charge in [-0.15, -0.1) is 0 Å². The fourth-order valence-electron chi connectivity index (χ4n) is 19.0. The van der Waals surface area contributed by atoms with E-state index >= 15 is 0 Å². The van der Waals surface area contributed by atoms with Crippen molar-refractivity contribution in [1.29, 1.82) is 0 Å². The lowest BCUT2D eigenvalue weighted by atomic mass is 9.94. The molecule has 4 aliphatic heterocycles. The Balaban J connectivity index is 0.000000148. The minimum Gasteiger partial charge on any atom is -0.484 e. The number of hydrogen-bond acceptors (Lipinski definition) is 16. The Morgan fingerprint density at radius 2 is 0.925 bits per heavy atom. The SMILES string of the molecule is CC(C)=CCC[C@@H](C)CC(=O)O.CC(C)=CCC[C@@H](C)CCC(=O)OCC1c2ccccc2-c2ccccc21.CC1CC[C@@H](C)CN1C(=O)OCC1c2ccccc2-c2ccccc21.COC(=O)C1=C(OCc2ccccc2)C(=O)C=CC1NC1CC[C@@H](C)CN1C(=O)OCC1c2ccccc2-c2ccccc21.C[C@@H]1CC[C@H]2Nn3ccc(=O)c(OCc4ccccc4)c3C(=O)N2C1. The maximum atomic E-state index is 13.7. The quantitative estimate of drug-likeness (QED) is 0.0259. The molecule has 9 aromatic rings. The van der Waals surface area contributed by atoms with Crippen LogP contribution in [-0.2, 0) is 56.1 Å². The molecule has 0 bridgehead atoms. The van der Waals surface area contributed by atoms with Crippen LogP contribution in [0.5, 0.6) is 5.75 Å². The molecule has 4 aliphatic carbocycles. The first kappa shape index (κ1) is 97.6. The minimum atomic E-state index is -0.701. The van der Waals surface area contributed by atoms with Crippen molar-refractivity contribution in [2.45, 2.75) is 208 Å². The Morgan fingerprint density at radius 3 is 1.41 bits per heavy atom. The highest BCUT2D eigenvalue weighted by atomic mass is 16.6. The largest absolute Gasteiger partial charge is 0.484 e. The van der Waals surface area contributed by atoms with Crippen LogP contribution in [0.2, 0.25) is 0 Å². The molecule has 8 aromatic carbocycles. The summed E-state index contributed by atoms with van der Waals surface area (Å²) in [4.78, 5) is 106. The van der Waals surface area contributed by atoms with E-state index in [0.717, 1.165) is 86.6 Å². The van der Waals surface area contributed by atoms with E-state index in [1.165, 1.54) is 92.5 Å². The number of nitrogens with one attached hydrogen (secondary N) is 2. The number of benzene rings is 8. The lowest BCUT2D eigenvalue weighted by Crippen LogP contribution is -2.57. The number of carboxylic acid groups (broad SMARTS) is 1. The third-order valence-corrected chi connectivity index (χ3v) is 26.3. The number of aliphatic carboxylic acids is 1. The summed E-state index contributed by atoms with van der Waals surface area (Å²) in [5.74, 6) is 0.409. The average Bonchev–Trinajstić information content (AvgIpc) is 1.74. The van der Waals surface area contributed by atoms with Crippen LogP contribution in [0.4, 0.5) is 9.59 Å². The van der Waals surface area contributed by atoms with Crippen LogP contribution in [0, 0.1) is 29.6 Å². The van der Waals surface area contributed by atoms with Gasteiger partial charge in [0.1, 0.15) is 44.8 Å². The molecule has 3 fully saturated rings. The zero-order chi connectivity index (χ0) is 94.2. The smallest absolute Gasteiger partial charge is 0.411 e. The minimum absolute atomic E-state index is 0.0272. The van der Waals surface area contributed by atoms with Crippen LogP contribution in [0.1, 0.15) is 225 Å². The first-order valence-corrected chi connectivity index (χ1v) is 47.3. The molecule has 698 valence electrons. The molecule has 133 heavy (non-hydrogen) atoms. The van der Waals surface area contributed by atoms with Gasteiger partial charge >= 0.3 is 30.1 Å². The topological polar surface area (TPSA) is 251 Å². The zero-order valence-electron chi connectivity index (χ0n) is 78.8. The molecule has 8 aliphatic rings. The van der Waals surface area contributed by atoms with E-state index in [4.69, 9.17) is 33.5 Å². The average molecular weight is 1800 g/mol. The van der Waals surface area contributed by atoms with Gasteiger partial charge in [0.25, 0.3) is 5.91 Å². The number of ether oxygens (including phenoxy) is 6. The van der Waals surface area contributed by atoms with E-state index < -0.39 is 36.0 Å². The number of piperidine rings is 3. The van der Waals surface area contributed by atoms with Crippen molar-refractivity contribution in [2.24, 2.45) is 29.6 Å². The number of methoxy groups -OCH3 is 1. The highest BCUT2D eigenvalue weighted by molar-refractivity contribution is 6.10. The molecule has 3 N–H and O–H groups in total. The number of allylic oxidation sites excluding steroid dienone is 5. The van der Waals surface area contributed by atoms with Gasteiger partial charge in [-0.3, -0.25) is 38.9 Å². The Kier molecular flexibility index (Phi) is 34.5. The standard InChI is InChI=1S/C36H36N2O6.C25H30O2.C22H25NO2.C19H21N3O3.C10H18O2/c1-23-16-19-32(37-30-17-18-31(39)34(33(30)35(40)42-2)43-21-24-10-4-3-5-11-24)38(20-23)36(41)44-22-29-27-14-8-6-12-25(27)26-13-7-9-15-28(26)29;1-18(2)9-8-10-19(3)15-16-25(26)27-17-24-22-13-6-4-11-20(22)21-12-5-7-14-23(21)24;1-15-11-12-16(2)23(13-15)22(24)25-14-21-19-9-5-3-7-17(19)18-8-4-6-10-20(18)21;1-13-7-8-16-20-22-10-9-15(23)18(17(22)19(24)21(16)11-13)25-12-14-5-3-2-4-6-14;1-8(2)5-4-6-9(3)7-10(11)12/h3-15,17-18,23,29-30,32,37H,16,19-22H2,1-2H3;4-7,9,11-14,19,24H,8,10,15-17H2,1-3H3;3-10,15-16,21H,11-14H2,1-2H3;2-6,9-10,13,16,20H,7-8,11-12H2,1H3;5,9H,4,6-7H2,1-3H3,(H,11,12)/t23-,30?,32?;19-;15-,16?;13-,16+;9-/m11111/s1. The van der Waals surface area contributed by atoms with Gasteiger partial charge in [-0.1, -0.05) is 270 Å². The predicted octanol–water partition coefficient (Wildman–Crippen LogP) is 22.3. The van der Waals surface area contributed by atoms with E-state index in [1.807, 2.05) is 102 Å². The van der Waals surface area contributed by atoms with Crippen molar-refractivity contribution in [3.63, 3.8) is 0 Å². The maximum Gasteiger partial charge on any atom is 0.411 e. The fraction of sp³-hybridized carbons (Fsp3) is 0.393. The van der Waals surface area contributed by atoms with E-state index in [1.54, 1.807) is 21.8 Å². The van der Waals surface area contributed by atoms with Gasteiger partial charge in [-0.2, -0.15) is 0 Å². The predicted molar refractivity (Wildman–Crippen MR) is 521 cm³/mol. The van der Waals surface area contributed by atoms with E-state index in [-0.39, 0.29) is 114 Å². The highest BCUT2D eigenvalue weighted by Gasteiger charge is 2.42. The number of carboxylic acids is 1. The van der Waals surface area contributed by atoms with Crippen molar-refractivity contribution >= 4 is 41.8 Å². The number of nitrogens with zero attached hydrogens (tertiary/aromatic N) is 4. The molecule has 0 spiro atoms. The number of aromatic nitrogens is 1. The molecule has 0 radical (unpaired) electrons. The number of rotatable bonds is 26. The van der Waals surface area contributed by atoms with Gasteiger partial charge in [0.2, 0.25) is 11.2 Å². The normalized spacial score (nSPS) is 19.2. The molecule has 0 saturated carbocycles.